The third-order valence-electron chi connectivity index (χ3n) is 8.15. The fourth-order valence-electron chi connectivity index (χ4n) is 5.35. The predicted octanol–water partition coefficient (Wildman–Crippen LogP) is 9.15. The molecular weight excluding hydrogens is 687 g/mol. The number of anilines is 2. The number of ether oxygens (including phenoxy) is 2. The van der Waals surface area contributed by atoms with Gasteiger partial charge in [0.2, 0.25) is 5.91 Å². The number of carbonyl (C=O) groups is 3. The van der Waals surface area contributed by atoms with E-state index < -0.39 is 17.1 Å². The summed E-state index contributed by atoms with van der Waals surface area (Å²) in [5.41, 5.74) is 4.19. The number of nitrogens with one attached hydrogen (secondary N) is 3. The molecule has 0 radical (unpaired) electrons. The minimum atomic E-state index is -0.617. The van der Waals surface area contributed by atoms with Gasteiger partial charge in [-0.1, -0.05) is 78.4 Å². The molecule has 6 rings (SSSR count). The smallest absolute Gasteiger partial charge is 0.272 e. The van der Waals surface area contributed by atoms with E-state index in [-0.39, 0.29) is 11.6 Å². The molecule has 0 saturated heterocycles. The van der Waals surface area contributed by atoms with Crippen LogP contribution in [-0.4, -0.2) is 31.9 Å². The predicted molar refractivity (Wildman–Crippen MR) is 209 cm³/mol. The van der Waals surface area contributed by atoms with Crippen molar-refractivity contribution in [1.29, 1.82) is 0 Å². The van der Waals surface area contributed by atoms with E-state index in [0.717, 1.165) is 21.6 Å². The SMILES string of the molecule is COc1ccc(OC)c(NC(=O)C(Sc2ccc(NC(=O)C(=Cc3ccc(-c4ccc(C)cc4)o3)NC(=O)c3ccccc3)cc2)c2ccccc2)c1. The third-order valence-corrected chi connectivity index (χ3v) is 9.42. The zero-order chi connectivity index (χ0) is 37.2. The van der Waals surface area contributed by atoms with Crippen molar-refractivity contribution in [2.75, 3.05) is 24.9 Å². The Kier molecular flexibility index (Phi) is 11.7. The van der Waals surface area contributed by atoms with Crippen LogP contribution in [-0.2, 0) is 9.59 Å². The van der Waals surface area contributed by atoms with E-state index in [9.17, 15) is 14.4 Å². The number of methoxy groups -OCH3 is 2. The fourth-order valence-corrected chi connectivity index (χ4v) is 6.37. The van der Waals surface area contributed by atoms with E-state index in [1.165, 1.54) is 24.9 Å². The Hall–Kier alpha value is -6.52. The number of amides is 3. The van der Waals surface area contributed by atoms with Crippen molar-refractivity contribution < 1.29 is 28.3 Å². The number of carbonyl (C=O) groups excluding carboxylic acids is 3. The normalized spacial score (nSPS) is 11.6. The lowest BCUT2D eigenvalue weighted by Crippen LogP contribution is -2.30. The van der Waals surface area contributed by atoms with Gasteiger partial charge in [-0.15, -0.1) is 11.8 Å². The monoisotopic (exact) mass is 723 g/mol. The van der Waals surface area contributed by atoms with Crippen LogP contribution in [0.1, 0.15) is 32.5 Å². The van der Waals surface area contributed by atoms with Gasteiger partial charge in [0.15, 0.2) is 0 Å². The van der Waals surface area contributed by atoms with Crippen LogP contribution in [0.15, 0.2) is 155 Å². The maximum Gasteiger partial charge on any atom is 0.272 e. The van der Waals surface area contributed by atoms with Gasteiger partial charge in [-0.3, -0.25) is 14.4 Å². The quantitative estimate of drug-likeness (QED) is 0.0803. The fraction of sp³-hybridized carbons (Fsp3) is 0.0930. The van der Waals surface area contributed by atoms with Crippen molar-refractivity contribution in [3.05, 3.63) is 168 Å². The second kappa shape index (κ2) is 17.1. The number of hydrogen-bond donors (Lipinski definition) is 3. The first kappa shape index (κ1) is 36.3. The lowest BCUT2D eigenvalue weighted by atomic mass is 10.1. The summed E-state index contributed by atoms with van der Waals surface area (Å²) in [5, 5.41) is 8.00. The molecule has 0 aliphatic carbocycles. The first-order chi connectivity index (χ1) is 25.8. The molecule has 3 amide bonds. The van der Waals surface area contributed by atoms with E-state index in [1.54, 1.807) is 67.8 Å². The molecule has 1 aromatic heterocycles. The highest BCUT2D eigenvalue weighted by atomic mass is 32.2. The molecular formula is C43H37N3O6S. The maximum atomic E-state index is 13.8. The summed E-state index contributed by atoms with van der Waals surface area (Å²) in [6.07, 6.45) is 1.50. The van der Waals surface area contributed by atoms with Crippen molar-refractivity contribution in [2.24, 2.45) is 0 Å². The van der Waals surface area contributed by atoms with Gasteiger partial charge >= 0.3 is 0 Å². The summed E-state index contributed by atoms with van der Waals surface area (Å²) in [6.45, 7) is 2.01. The van der Waals surface area contributed by atoms with Crippen molar-refractivity contribution in [3.63, 3.8) is 0 Å². The molecule has 0 fully saturated rings. The second-order valence-corrected chi connectivity index (χ2v) is 13.1. The van der Waals surface area contributed by atoms with Gasteiger partial charge in [0.1, 0.15) is 34.0 Å². The van der Waals surface area contributed by atoms with Crippen LogP contribution in [0.2, 0.25) is 0 Å². The molecule has 0 spiro atoms. The minimum absolute atomic E-state index is 0.00380. The zero-order valence-electron chi connectivity index (χ0n) is 29.3. The molecule has 10 heteroatoms. The van der Waals surface area contributed by atoms with E-state index >= 15 is 0 Å². The highest BCUT2D eigenvalue weighted by Gasteiger charge is 2.24. The van der Waals surface area contributed by atoms with Crippen LogP contribution < -0.4 is 25.4 Å². The minimum Gasteiger partial charge on any atom is -0.497 e. The molecule has 0 aliphatic heterocycles. The summed E-state index contributed by atoms with van der Waals surface area (Å²) < 4.78 is 16.9. The Morgan fingerprint density at radius 1 is 0.736 bits per heavy atom. The topological polar surface area (TPSA) is 119 Å². The Bertz CT molecular complexity index is 2220. The second-order valence-electron chi connectivity index (χ2n) is 11.9. The van der Waals surface area contributed by atoms with E-state index in [4.69, 9.17) is 13.9 Å². The number of furan rings is 1. The van der Waals surface area contributed by atoms with Crippen molar-refractivity contribution in [1.82, 2.24) is 5.32 Å². The third kappa shape index (κ3) is 9.43. The van der Waals surface area contributed by atoms with E-state index in [2.05, 4.69) is 16.0 Å². The van der Waals surface area contributed by atoms with Crippen molar-refractivity contribution in [3.8, 4) is 22.8 Å². The van der Waals surface area contributed by atoms with Gasteiger partial charge in [0, 0.05) is 33.9 Å². The van der Waals surface area contributed by atoms with Gasteiger partial charge in [-0.25, -0.2) is 0 Å². The number of rotatable bonds is 13. The highest BCUT2D eigenvalue weighted by Crippen LogP contribution is 2.38. The lowest BCUT2D eigenvalue weighted by Gasteiger charge is -2.19. The van der Waals surface area contributed by atoms with Crippen molar-refractivity contribution >= 4 is 46.9 Å². The van der Waals surface area contributed by atoms with Crippen LogP contribution >= 0.6 is 11.8 Å². The summed E-state index contributed by atoms with van der Waals surface area (Å²) in [4.78, 5) is 41.4. The molecule has 9 nitrogen and oxygen atoms in total. The highest BCUT2D eigenvalue weighted by molar-refractivity contribution is 8.00. The summed E-state index contributed by atoms with van der Waals surface area (Å²) in [5.74, 6) is 0.862. The van der Waals surface area contributed by atoms with Crippen molar-refractivity contribution in [2.45, 2.75) is 17.1 Å². The standard InChI is InChI=1S/C43H37N3O6S/c1-28-14-16-29(17-15-28)38-24-21-34(52-38)27-37(46-41(47)31-12-8-5-9-13-31)42(48)44-32-18-22-35(23-19-32)53-40(30-10-6-4-7-11-30)43(49)45-36-26-33(50-2)20-25-39(36)51-3/h4-27,40H,1-3H3,(H,44,48)(H,45,49)(H,46,47). The van der Waals surface area contributed by atoms with Gasteiger partial charge in [-0.05, 0) is 73.2 Å². The molecule has 1 unspecified atom stereocenters. The van der Waals surface area contributed by atoms with Gasteiger partial charge in [0.05, 0.1) is 19.9 Å². The Balaban J connectivity index is 1.21. The average molecular weight is 724 g/mol. The first-order valence-electron chi connectivity index (χ1n) is 16.7. The molecule has 5 aromatic carbocycles. The molecule has 1 atom stereocenters. The number of benzene rings is 5. The van der Waals surface area contributed by atoms with E-state index in [1.807, 2.05) is 85.8 Å². The number of thioether (sulfide) groups is 1. The molecule has 1 heterocycles. The largest absolute Gasteiger partial charge is 0.497 e. The van der Waals surface area contributed by atoms with Crippen LogP contribution in [0, 0.1) is 6.92 Å². The summed E-state index contributed by atoms with van der Waals surface area (Å²) in [7, 11) is 3.10. The Labute approximate surface area is 312 Å². The van der Waals surface area contributed by atoms with Gasteiger partial charge in [0.25, 0.3) is 11.8 Å². The zero-order valence-corrected chi connectivity index (χ0v) is 30.1. The maximum absolute atomic E-state index is 13.8. The lowest BCUT2D eigenvalue weighted by molar-refractivity contribution is -0.116. The molecule has 6 aromatic rings. The number of aryl methyl sites for hydroxylation is 1. The van der Waals surface area contributed by atoms with Gasteiger partial charge < -0.3 is 29.8 Å². The molecule has 266 valence electrons. The number of hydrogen-bond acceptors (Lipinski definition) is 7. The summed E-state index contributed by atoms with van der Waals surface area (Å²) in [6, 6.07) is 41.9. The van der Waals surface area contributed by atoms with Gasteiger partial charge in [-0.2, -0.15) is 0 Å². The molecule has 0 bridgehead atoms. The van der Waals surface area contributed by atoms with Crippen LogP contribution in [0.4, 0.5) is 11.4 Å². The molecule has 0 saturated carbocycles. The Morgan fingerprint density at radius 3 is 2.11 bits per heavy atom. The van der Waals surface area contributed by atoms with Crippen LogP contribution in [0.3, 0.4) is 0 Å². The molecule has 3 N–H and O–H groups in total. The summed E-state index contributed by atoms with van der Waals surface area (Å²) >= 11 is 1.36. The van der Waals surface area contributed by atoms with Crippen LogP contribution in [0.5, 0.6) is 11.5 Å². The molecule has 0 aliphatic rings. The average Bonchev–Trinajstić information content (AvgIpc) is 3.66. The Morgan fingerprint density at radius 2 is 1.43 bits per heavy atom. The van der Waals surface area contributed by atoms with Crippen LogP contribution in [0.25, 0.3) is 17.4 Å². The van der Waals surface area contributed by atoms with E-state index in [0.29, 0.717) is 40.0 Å². The first-order valence-corrected chi connectivity index (χ1v) is 17.6. The molecule has 53 heavy (non-hydrogen) atoms.